The van der Waals surface area contributed by atoms with Crippen molar-refractivity contribution in [1.29, 1.82) is 0 Å². The lowest BCUT2D eigenvalue weighted by Gasteiger charge is -2.33. The third-order valence-corrected chi connectivity index (χ3v) is 8.13. The van der Waals surface area contributed by atoms with Crippen LogP contribution in [0.5, 0.6) is 5.75 Å². The molecule has 1 N–H and O–H groups in total. The predicted octanol–water partition coefficient (Wildman–Crippen LogP) is 6.04. The van der Waals surface area contributed by atoms with E-state index in [4.69, 9.17) is 21.1 Å². The first kappa shape index (κ1) is 27.0. The van der Waals surface area contributed by atoms with Gasteiger partial charge in [0.1, 0.15) is 5.02 Å². The first-order valence-electron chi connectivity index (χ1n) is 12.3. The number of hydrogen-bond donors (Lipinski definition) is 1. The van der Waals surface area contributed by atoms with Crippen molar-refractivity contribution in [3.8, 4) is 5.75 Å². The van der Waals surface area contributed by atoms with Gasteiger partial charge in [0.2, 0.25) is 0 Å². The van der Waals surface area contributed by atoms with Crippen LogP contribution in [0.25, 0.3) is 0 Å². The number of esters is 2. The molecule has 2 aliphatic rings. The van der Waals surface area contributed by atoms with Crippen LogP contribution in [0.3, 0.4) is 0 Å². The second kappa shape index (κ2) is 11.6. The van der Waals surface area contributed by atoms with Crippen molar-refractivity contribution in [2.24, 2.45) is 10.9 Å². The second-order valence-electron chi connectivity index (χ2n) is 9.24. The highest BCUT2D eigenvalue weighted by Gasteiger charge is 2.32. The van der Waals surface area contributed by atoms with E-state index in [0.717, 1.165) is 43.4 Å². The fourth-order valence-electron chi connectivity index (χ4n) is 4.94. The van der Waals surface area contributed by atoms with Crippen molar-refractivity contribution in [1.82, 2.24) is 10.3 Å². The van der Waals surface area contributed by atoms with Gasteiger partial charge in [0, 0.05) is 17.3 Å². The first-order chi connectivity index (χ1) is 18.9. The van der Waals surface area contributed by atoms with Crippen molar-refractivity contribution in [2.75, 3.05) is 13.7 Å². The third kappa shape index (κ3) is 5.72. The van der Waals surface area contributed by atoms with Gasteiger partial charge in [-0.15, -0.1) is 11.3 Å². The summed E-state index contributed by atoms with van der Waals surface area (Å²) >= 11 is 7.31. The Morgan fingerprint density at radius 1 is 1.03 bits per heavy atom. The van der Waals surface area contributed by atoms with Crippen LogP contribution >= 0.6 is 22.9 Å². The minimum atomic E-state index is -1.28. The van der Waals surface area contributed by atoms with E-state index >= 15 is 0 Å². The van der Waals surface area contributed by atoms with Gasteiger partial charge in [-0.3, -0.25) is 4.99 Å². The van der Waals surface area contributed by atoms with Crippen LogP contribution in [0.15, 0.2) is 64.2 Å². The van der Waals surface area contributed by atoms with Crippen molar-refractivity contribution in [2.45, 2.75) is 31.6 Å². The number of carbonyl (C=O) groups is 2. The number of amidine groups is 1. The van der Waals surface area contributed by atoms with Crippen LogP contribution in [-0.2, 0) is 9.53 Å². The Balaban J connectivity index is 1.36. The summed E-state index contributed by atoms with van der Waals surface area (Å²) in [6.45, 7) is 0.0479. The Morgan fingerprint density at radius 2 is 1.74 bits per heavy atom. The van der Waals surface area contributed by atoms with Gasteiger partial charge >= 0.3 is 11.9 Å². The van der Waals surface area contributed by atoms with E-state index in [1.165, 1.54) is 18.4 Å². The molecule has 2 heterocycles. The Kier molecular flexibility index (Phi) is 8.04. The molecule has 0 unspecified atom stereocenters. The molecule has 2 aromatic carbocycles. The molecular formula is C28H24ClF2N3O4S. The molecule has 0 atom stereocenters. The lowest BCUT2D eigenvalue weighted by atomic mass is 9.76. The van der Waals surface area contributed by atoms with Crippen molar-refractivity contribution in [3.05, 3.63) is 92.0 Å². The fraction of sp³-hybridized carbons (Fsp3) is 0.286. The van der Waals surface area contributed by atoms with Crippen LogP contribution < -0.4 is 10.1 Å². The summed E-state index contributed by atoms with van der Waals surface area (Å²) in [6.07, 6.45) is 5.00. The summed E-state index contributed by atoms with van der Waals surface area (Å²) in [4.78, 5) is 33.8. The maximum Gasteiger partial charge on any atom is 0.343 e. The largest absolute Gasteiger partial charge is 0.465 e. The van der Waals surface area contributed by atoms with E-state index in [-0.39, 0.29) is 24.2 Å². The van der Waals surface area contributed by atoms with E-state index < -0.39 is 22.6 Å². The number of nitrogens with one attached hydrogen (secondary N) is 1. The molecule has 7 nitrogen and oxygen atoms in total. The summed E-state index contributed by atoms with van der Waals surface area (Å²) in [5.41, 5.74) is 2.65. The van der Waals surface area contributed by atoms with Gasteiger partial charge in [0.05, 0.1) is 24.8 Å². The second-order valence-corrected chi connectivity index (χ2v) is 10.5. The van der Waals surface area contributed by atoms with E-state index in [2.05, 4.69) is 15.3 Å². The average Bonchev–Trinajstić information content (AvgIpc) is 3.52. The van der Waals surface area contributed by atoms with E-state index in [1.807, 2.05) is 17.5 Å². The number of nitrogens with zero attached hydrogens (tertiary/aromatic N) is 2. The topological polar surface area (TPSA) is 89.9 Å². The molecule has 0 saturated heterocycles. The lowest BCUT2D eigenvalue weighted by molar-refractivity contribution is -0.130. The van der Waals surface area contributed by atoms with E-state index in [9.17, 15) is 18.4 Å². The molecule has 1 aromatic heterocycles. The van der Waals surface area contributed by atoms with Gasteiger partial charge in [0.15, 0.2) is 28.2 Å². The Bertz CT molecular complexity index is 1450. The number of halogens is 3. The SMILES string of the molecule is COC(=O)c1ccc(C2CCC(C3=C(C(=O)Oc4ccc(F)c(F)c4Cl)CN=C(c4nccs4)N3)CC2)cc1. The van der Waals surface area contributed by atoms with E-state index in [0.29, 0.717) is 33.6 Å². The smallest absolute Gasteiger partial charge is 0.343 e. The van der Waals surface area contributed by atoms with Crippen LogP contribution in [-0.4, -0.2) is 36.4 Å². The van der Waals surface area contributed by atoms with Crippen LogP contribution in [0, 0.1) is 17.6 Å². The van der Waals surface area contributed by atoms with Crippen molar-refractivity contribution >= 4 is 40.7 Å². The summed E-state index contributed by atoms with van der Waals surface area (Å²) < 4.78 is 37.6. The highest BCUT2D eigenvalue weighted by molar-refractivity contribution is 7.11. The number of methoxy groups -OCH3 is 1. The molecule has 39 heavy (non-hydrogen) atoms. The standard InChI is InChI=1S/C28H24ClF2N3O4S/c1-37-27(35)18-8-4-16(5-9-18)15-2-6-17(7-3-15)24-19(14-33-25(34-24)26-32-12-13-39-26)28(36)38-21-11-10-20(30)23(31)22(21)29/h4-5,8-13,15,17H,2-3,6-7,14H2,1H3,(H,33,34). The molecule has 5 rings (SSSR count). The maximum absolute atomic E-state index is 13.9. The van der Waals surface area contributed by atoms with E-state index in [1.54, 1.807) is 18.3 Å². The Labute approximate surface area is 232 Å². The van der Waals surface area contributed by atoms with Gasteiger partial charge in [-0.05, 0) is 67.3 Å². The number of thiazole rings is 1. The van der Waals surface area contributed by atoms with Gasteiger partial charge < -0.3 is 14.8 Å². The molecular weight excluding hydrogens is 548 g/mol. The third-order valence-electron chi connectivity index (χ3n) is 7.00. The zero-order valence-corrected chi connectivity index (χ0v) is 22.5. The summed E-state index contributed by atoms with van der Waals surface area (Å²) in [5.74, 6) is -2.88. The number of allylic oxidation sites excluding steroid dienone is 1. The molecule has 0 amide bonds. The molecule has 1 fully saturated rings. The van der Waals surface area contributed by atoms with Gasteiger partial charge in [-0.2, -0.15) is 0 Å². The number of aliphatic imine (C=N–C) groups is 1. The van der Waals surface area contributed by atoms with Crippen LogP contribution in [0.4, 0.5) is 8.78 Å². The van der Waals surface area contributed by atoms with Crippen LogP contribution in [0.1, 0.15) is 52.5 Å². The number of hydrogen-bond acceptors (Lipinski definition) is 8. The summed E-state index contributed by atoms with van der Waals surface area (Å²) in [5, 5.41) is 5.26. The van der Waals surface area contributed by atoms with Gasteiger partial charge in [-0.1, -0.05) is 23.7 Å². The first-order valence-corrected chi connectivity index (χ1v) is 13.6. The summed E-state index contributed by atoms with van der Waals surface area (Å²) in [6, 6.07) is 9.43. The minimum absolute atomic E-state index is 0.0176. The monoisotopic (exact) mass is 571 g/mol. The highest BCUT2D eigenvalue weighted by Crippen LogP contribution is 2.40. The number of rotatable bonds is 6. The zero-order chi connectivity index (χ0) is 27.5. The fourth-order valence-corrected chi connectivity index (χ4v) is 5.73. The van der Waals surface area contributed by atoms with Crippen molar-refractivity contribution < 1.29 is 27.8 Å². The minimum Gasteiger partial charge on any atom is -0.465 e. The highest BCUT2D eigenvalue weighted by atomic mass is 35.5. The van der Waals surface area contributed by atoms with Gasteiger partial charge in [-0.25, -0.2) is 23.4 Å². The summed E-state index contributed by atoms with van der Waals surface area (Å²) in [7, 11) is 1.35. The molecule has 1 aliphatic heterocycles. The number of benzene rings is 2. The number of ether oxygens (including phenoxy) is 2. The zero-order valence-electron chi connectivity index (χ0n) is 20.9. The Morgan fingerprint density at radius 3 is 2.41 bits per heavy atom. The quantitative estimate of drug-likeness (QED) is 0.220. The molecule has 202 valence electrons. The lowest BCUT2D eigenvalue weighted by Crippen LogP contribution is -2.37. The molecule has 1 saturated carbocycles. The molecule has 0 radical (unpaired) electrons. The molecule has 0 bridgehead atoms. The molecule has 3 aromatic rings. The predicted molar refractivity (Wildman–Crippen MR) is 143 cm³/mol. The number of carbonyl (C=O) groups excluding carboxylic acids is 2. The number of aromatic nitrogens is 1. The van der Waals surface area contributed by atoms with Gasteiger partial charge in [0.25, 0.3) is 0 Å². The molecule has 1 aliphatic carbocycles. The van der Waals surface area contributed by atoms with Crippen molar-refractivity contribution in [3.63, 3.8) is 0 Å². The normalized spacial score (nSPS) is 19.2. The average molecular weight is 572 g/mol. The Hall–Kier alpha value is -3.63. The molecule has 0 spiro atoms. The van der Waals surface area contributed by atoms with Crippen LogP contribution in [0.2, 0.25) is 5.02 Å². The molecule has 11 heteroatoms. The maximum atomic E-state index is 13.9.